The average molecular weight is 394 g/mol. The summed E-state index contributed by atoms with van der Waals surface area (Å²) in [5.41, 5.74) is 1.85. The minimum absolute atomic E-state index is 0.0718. The summed E-state index contributed by atoms with van der Waals surface area (Å²) >= 11 is 1.47. The standard InChI is InChI=1S/C18H23N3O3S2/c1-12-16(11-13-7-9-15(10-8-13)26(19,23)24)25-18(20-12)21-17(22)14-5-3-2-4-6-14/h7-10,14H,2-6,11H2,1H3,(H2,19,23,24)(H,20,21,22). The molecule has 3 N–H and O–H groups in total. The Labute approximate surface area is 157 Å². The third-order valence-corrected chi connectivity index (χ3v) is 6.72. The summed E-state index contributed by atoms with van der Waals surface area (Å²) in [6.07, 6.45) is 6.00. The molecule has 6 nitrogen and oxygen atoms in total. The van der Waals surface area contributed by atoms with Crippen molar-refractivity contribution in [3.63, 3.8) is 0 Å². The van der Waals surface area contributed by atoms with E-state index in [1.807, 2.05) is 6.92 Å². The Morgan fingerprint density at radius 2 is 1.88 bits per heavy atom. The van der Waals surface area contributed by atoms with Gasteiger partial charge in [0.25, 0.3) is 0 Å². The van der Waals surface area contributed by atoms with Gasteiger partial charge in [0.2, 0.25) is 15.9 Å². The molecule has 140 valence electrons. The molecule has 1 aliphatic carbocycles. The third-order valence-electron chi connectivity index (χ3n) is 4.72. The maximum atomic E-state index is 12.4. The number of nitrogens with zero attached hydrogens (tertiary/aromatic N) is 1. The van der Waals surface area contributed by atoms with Crippen LogP contribution in [0.2, 0.25) is 0 Å². The highest BCUT2D eigenvalue weighted by molar-refractivity contribution is 7.89. The van der Waals surface area contributed by atoms with Gasteiger partial charge in [0.15, 0.2) is 5.13 Å². The van der Waals surface area contributed by atoms with Crippen LogP contribution in [0.5, 0.6) is 0 Å². The van der Waals surface area contributed by atoms with Crippen LogP contribution in [-0.2, 0) is 21.2 Å². The third kappa shape index (κ3) is 4.69. The van der Waals surface area contributed by atoms with Gasteiger partial charge in [-0.1, -0.05) is 31.4 Å². The number of sulfonamides is 1. The Hall–Kier alpha value is -1.77. The number of amides is 1. The average Bonchev–Trinajstić information content (AvgIpc) is 2.94. The van der Waals surface area contributed by atoms with Crippen molar-refractivity contribution >= 4 is 32.4 Å². The fourth-order valence-electron chi connectivity index (χ4n) is 3.20. The van der Waals surface area contributed by atoms with Gasteiger partial charge in [-0.3, -0.25) is 4.79 Å². The van der Waals surface area contributed by atoms with Crippen LogP contribution in [0.1, 0.15) is 48.2 Å². The van der Waals surface area contributed by atoms with Crippen LogP contribution in [0.15, 0.2) is 29.2 Å². The van der Waals surface area contributed by atoms with Gasteiger partial charge in [-0.05, 0) is 37.5 Å². The van der Waals surface area contributed by atoms with Crippen molar-refractivity contribution in [1.82, 2.24) is 4.98 Å². The molecule has 1 aromatic carbocycles. The maximum Gasteiger partial charge on any atom is 0.238 e. The summed E-state index contributed by atoms with van der Waals surface area (Å²) in [5.74, 6) is 0.171. The van der Waals surface area contributed by atoms with Crippen molar-refractivity contribution < 1.29 is 13.2 Å². The van der Waals surface area contributed by atoms with Gasteiger partial charge in [-0.15, -0.1) is 11.3 Å². The first-order valence-corrected chi connectivity index (χ1v) is 11.1. The Morgan fingerprint density at radius 3 is 2.50 bits per heavy atom. The number of carbonyl (C=O) groups is 1. The van der Waals surface area contributed by atoms with Crippen molar-refractivity contribution in [2.75, 3.05) is 5.32 Å². The quantitative estimate of drug-likeness (QED) is 0.814. The van der Waals surface area contributed by atoms with E-state index in [1.54, 1.807) is 12.1 Å². The Kier molecular flexibility index (Phi) is 5.74. The summed E-state index contributed by atoms with van der Waals surface area (Å²) in [4.78, 5) is 18.0. The van der Waals surface area contributed by atoms with Crippen molar-refractivity contribution in [1.29, 1.82) is 0 Å². The van der Waals surface area contributed by atoms with E-state index in [-0.39, 0.29) is 16.7 Å². The zero-order chi connectivity index (χ0) is 18.7. The van der Waals surface area contributed by atoms with Gasteiger partial charge in [0.05, 0.1) is 10.6 Å². The SMILES string of the molecule is Cc1nc(NC(=O)C2CCCCC2)sc1Cc1ccc(S(N)(=O)=O)cc1. The number of hydrogen-bond donors (Lipinski definition) is 2. The number of aryl methyl sites for hydroxylation is 1. The molecule has 0 atom stereocenters. The first-order chi connectivity index (χ1) is 12.3. The van der Waals surface area contributed by atoms with E-state index in [1.165, 1.54) is 29.9 Å². The number of nitrogens with one attached hydrogen (secondary N) is 1. The van der Waals surface area contributed by atoms with Crippen LogP contribution < -0.4 is 10.5 Å². The highest BCUT2D eigenvalue weighted by Gasteiger charge is 2.22. The molecular formula is C18H23N3O3S2. The van der Waals surface area contributed by atoms with Crippen LogP contribution in [0, 0.1) is 12.8 Å². The summed E-state index contributed by atoms with van der Waals surface area (Å²) in [6.45, 7) is 1.92. The number of nitrogens with two attached hydrogens (primary N) is 1. The second kappa shape index (κ2) is 7.85. The second-order valence-electron chi connectivity index (χ2n) is 6.72. The summed E-state index contributed by atoms with van der Waals surface area (Å²) < 4.78 is 22.6. The number of aromatic nitrogens is 1. The summed E-state index contributed by atoms with van der Waals surface area (Å²) in [7, 11) is -3.68. The zero-order valence-electron chi connectivity index (χ0n) is 14.7. The largest absolute Gasteiger partial charge is 0.302 e. The van der Waals surface area contributed by atoms with E-state index in [4.69, 9.17) is 5.14 Å². The summed E-state index contributed by atoms with van der Waals surface area (Å²) in [6, 6.07) is 6.51. The lowest BCUT2D eigenvalue weighted by molar-refractivity contribution is -0.120. The molecule has 3 rings (SSSR count). The molecule has 1 heterocycles. The van der Waals surface area contributed by atoms with Gasteiger partial charge in [-0.2, -0.15) is 0 Å². The van der Waals surface area contributed by atoms with E-state index in [0.717, 1.165) is 41.8 Å². The van der Waals surface area contributed by atoms with Gasteiger partial charge in [0.1, 0.15) is 0 Å². The highest BCUT2D eigenvalue weighted by atomic mass is 32.2. The number of benzene rings is 1. The predicted octanol–water partition coefficient (Wildman–Crippen LogP) is 3.21. The molecule has 1 amide bonds. The van der Waals surface area contributed by atoms with E-state index in [2.05, 4.69) is 10.3 Å². The van der Waals surface area contributed by atoms with E-state index in [9.17, 15) is 13.2 Å². The van der Waals surface area contributed by atoms with Gasteiger partial charge >= 0.3 is 0 Å². The highest BCUT2D eigenvalue weighted by Crippen LogP contribution is 2.28. The molecule has 0 unspecified atom stereocenters. The predicted molar refractivity (Wildman–Crippen MR) is 103 cm³/mol. The molecule has 0 saturated heterocycles. The molecule has 1 aliphatic rings. The first kappa shape index (κ1) is 19.0. The van der Waals surface area contributed by atoms with Crippen molar-refractivity contribution in [2.24, 2.45) is 11.1 Å². The van der Waals surface area contributed by atoms with Crippen molar-refractivity contribution in [2.45, 2.75) is 50.3 Å². The number of rotatable bonds is 5. The number of anilines is 1. The van der Waals surface area contributed by atoms with E-state index >= 15 is 0 Å². The zero-order valence-corrected chi connectivity index (χ0v) is 16.3. The maximum absolute atomic E-state index is 12.4. The van der Waals surface area contributed by atoms with Crippen molar-refractivity contribution in [3.8, 4) is 0 Å². The van der Waals surface area contributed by atoms with Crippen LogP contribution in [0.3, 0.4) is 0 Å². The minimum Gasteiger partial charge on any atom is -0.302 e. The van der Waals surface area contributed by atoms with Gasteiger partial charge in [0, 0.05) is 17.2 Å². The molecule has 0 spiro atoms. The van der Waals surface area contributed by atoms with Gasteiger partial charge < -0.3 is 5.32 Å². The Balaban J connectivity index is 1.67. The Bertz CT molecular complexity index is 883. The molecule has 2 aromatic rings. The second-order valence-corrected chi connectivity index (χ2v) is 9.36. The van der Waals surface area contributed by atoms with Gasteiger partial charge in [-0.25, -0.2) is 18.5 Å². The molecule has 0 radical (unpaired) electrons. The monoisotopic (exact) mass is 393 g/mol. The minimum atomic E-state index is -3.68. The Morgan fingerprint density at radius 1 is 1.23 bits per heavy atom. The van der Waals surface area contributed by atoms with Crippen LogP contribution in [0.25, 0.3) is 0 Å². The number of carbonyl (C=O) groups excluding carboxylic acids is 1. The van der Waals surface area contributed by atoms with Crippen LogP contribution >= 0.6 is 11.3 Å². The molecule has 0 bridgehead atoms. The fourth-order valence-corrected chi connectivity index (χ4v) is 4.72. The topological polar surface area (TPSA) is 102 Å². The molecule has 1 fully saturated rings. The molecule has 26 heavy (non-hydrogen) atoms. The summed E-state index contributed by atoms with van der Waals surface area (Å²) in [5, 5.41) is 8.71. The molecule has 1 saturated carbocycles. The molecule has 1 aromatic heterocycles. The van der Waals surface area contributed by atoms with E-state index in [0.29, 0.717) is 11.6 Å². The number of hydrogen-bond acceptors (Lipinski definition) is 5. The normalized spacial score (nSPS) is 15.8. The lowest BCUT2D eigenvalue weighted by Gasteiger charge is -2.19. The van der Waals surface area contributed by atoms with Crippen molar-refractivity contribution in [3.05, 3.63) is 40.4 Å². The first-order valence-electron chi connectivity index (χ1n) is 8.72. The molecule has 0 aliphatic heterocycles. The smallest absolute Gasteiger partial charge is 0.238 e. The lowest BCUT2D eigenvalue weighted by atomic mass is 9.89. The lowest BCUT2D eigenvalue weighted by Crippen LogP contribution is -2.24. The van der Waals surface area contributed by atoms with E-state index < -0.39 is 10.0 Å². The van der Waals surface area contributed by atoms with Crippen LogP contribution in [0.4, 0.5) is 5.13 Å². The molecule has 8 heteroatoms. The number of thiazole rings is 1. The number of primary sulfonamides is 1. The fraction of sp³-hybridized carbons (Fsp3) is 0.444. The molecular weight excluding hydrogens is 370 g/mol. The van der Waals surface area contributed by atoms with Crippen LogP contribution in [-0.4, -0.2) is 19.3 Å².